The van der Waals surface area contributed by atoms with E-state index >= 15 is 0 Å². The number of hydrogen-bond acceptors (Lipinski definition) is 21. The second-order valence-corrected chi connectivity index (χ2v) is 21.6. The predicted molar refractivity (Wildman–Crippen MR) is 417 cm³/mol. The highest BCUT2D eigenvalue weighted by Gasteiger charge is 2.13. The van der Waals surface area contributed by atoms with Crippen LogP contribution in [0.15, 0.2) is 425 Å². The number of hydrogen-bond donors (Lipinski definition) is 0. The van der Waals surface area contributed by atoms with E-state index in [4.69, 9.17) is 66.3 Å². The summed E-state index contributed by atoms with van der Waals surface area (Å²) >= 11 is 0. The number of rotatable bonds is 14. The molecule has 0 radical (unpaired) electrons. The summed E-state index contributed by atoms with van der Waals surface area (Å²) in [4.78, 5) is 79.4. The largest absolute Gasteiger partial charge is 0.519 e. The number of carbonyl (C=O) groups is 7. The zero-order valence-corrected chi connectivity index (χ0v) is 59.5. The van der Waals surface area contributed by atoms with Gasteiger partial charge in [-0.2, -0.15) is 0 Å². The normalized spacial score (nSPS) is 9.50. The van der Waals surface area contributed by atoms with Crippen molar-refractivity contribution in [3.05, 3.63) is 425 Å². The van der Waals surface area contributed by atoms with Crippen LogP contribution in [0.25, 0.3) is 0 Å². The summed E-state index contributed by atoms with van der Waals surface area (Å²) < 4.78 is 69.4. The van der Waals surface area contributed by atoms with Gasteiger partial charge in [0, 0.05) is 0 Å². The van der Waals surface area contributed by atoms with Crippen LogP contribution in [-0.2, 0) is 0 Å². The molecule has 0 amide bonds. The number of para-hydroxylation sites is 14. The smallest absolute Gasteiger partial charge is 0.395 e. The second kappa shape index (κ2) is 48.9. The van der Waals surface area contributed by atoms with Crippen molar-refractivity contribution < 1.29 is 99.9 Å². The van der Waals surface area contributed by atoms with Crippen molar-refractivity contribution >= 4 is 43.1 Å². The van der Waals surface area contributed by atoms with E-state index in [1.54, 1.807) is 340 Å². The van der Waals surface area contributed by atoms with E-state index in [9.17, 15) is 33.6 Å². The van der Waals surface area contributed by atoms with Gasteiger partial charge in [0.15, 0.2) is 0 Å². The minimum absolute atomic E-state index is 0.462. The molecule has 0 aliphatic heterocycles. The van der Waals surface area contributed by atoms with Crippen LogP contribution >= 0.6 is 0 Å². The molecule has 0 heterocycles. The van der Waals surface area contributed by atoms with Crippen LogP contribution in [0.4, 0.5) is 33.6 Å². The maximum atomic E-state index is 11.3. The van der Waals surface area contributed by atoms with Crippen LogP contribution in [-0.4, -0.2) is 43.1 Å². The molecular weight excluding hydrogens is 1430 g/mol. The zero-order chi connectivity index (χ0) is 78.5. The maximum absolute atomic E-state index is 11.3. The summed E-state index contributed by atoms with van der Waals surface area (Å²) in [5.74, 6) is 6.46. The van der Waals surface area contributed by atoms with Crippen LogP contribution in [0.3, 0.4) is 0 Å². The monoisotopic (exact) mass is 1500 g/mol. The third-order valence-electron chi connectivity index (χ3n) is 13.2. The van der Waals surface area contributed by atoms with E-state index in [1.807, 2.05) is 84.9 Å². The molecule has 14 aromatic carbocycles. The summed E-state index contributed by atoms with van der Waals surface area (Å²) in [6.07, 6.45) is -5.17. The SMILES string of the molecule is O=C(Oc1ccccc1)Oc1ccccc1.O=C(Oc1ccccc1)Oc1ccccc1.O=C(Oc1ccccc1)Oc1ccccc1.O=C(Oc1ccccc1)Oc1ccccc1.O=C(Oc1ccccc1)Oc1ccccc1.O=C(Oc1ccccc1)Oc1ccccc1.O=C(Oc1ccccc1)Oc1ccccc1. The van der Waals surface area contributed by atoms with Gasteiger partial charge in [-0.1, -0.05) is 255 Å². The Bertz CT molecular complexity index is 3750. The molecule has 0 aliphatic rings. The second-order valence-electron chi connectivity index (χ2n) is 21.6. The molecule has 0 bridgehead atoms. The lowest BCUT2D eigenvalue weighted by atomic mass is 10.3. The summed E-state index contributed by atoms with van der Waals surface area (Å²) in [5, 5.41) is 0. The van der Waals surface area contributed by atoms with Crippen LogP contribution in [0.5, 0.6) is 80.5 Å². The first-order valence-electron chi connectivity index (χ1n) is 33.9. The lowest BCUT2D eigenvalue weighted by Gasteiger charge is -2.04. The van der Waals surface area contributed by atoms with Crippen molar-refractivity contribution in [1.82, 2.24) is 0 Å². The molecule has 0 saturated carbocycles. The maximum Gasteiger partial charge on any atom is 0.519 e. The first-order chi connectivity index (χ1) is 54.9. The highest BCUT2D eigenvalue weighted by molar-refractivity contribution is 5.71. The van der Waals surface area contributed by atoms with E-state index in [1.165, 1.54) is 0 Å². The fraction of sp³-hybridized carbons (Fsp3) is 0. The van der Waals surface area contributed by atoms with Crippen molar-refractivity contribution in [1.29, 1.82) is 0 Å². The first-order valence-corrected chi connectivity index (χ1v) is 33.9. The van der Waals surface area contributed by atoms with Gasteiger partial charge in [0.1, 0.15) is 80.5 Å². The fourth-order valence-corrected chi connectivity index (χ4v) is 8.33. The molecule has 21 nitrogen and oxygen atoms in total. The highest BCUT2D eigenvalue weighted by atomic mass is 16.8. The van der Waals surface area contributed by atoms with Gasteiger partial charge in [-0.15, -0.1) is 0 Å². The fourth-order valence-electron chi connectivity index (χ4n) is 8.33. The average molecular weight is 1500 g/mol. The van der Waals surface area contributed by atoms with E-state index in [-0.39, 0.29) is 0 Å². The van der Waals surface area contributed by atoms with Crippen LogP contribution in [0.1, 0.15) is 0 Å². The Balaban J connectivity index is 0.000000164. The van der Waals surface area contributed by atoms with Crippen molar-refractivity contribution in [2.45, 2.75) is 0 Å². The summed E-state index contributed by atoms with van der Waals surface area (Å²) in [5.41, 5.74) is 0. The Morgan fingerprint density at radius 3 is 0.205 bits per heavy atom. The van der Waals surface area contributed by atoms with E-state index in [2.05, 4.69) is 0 Å². The average Bonchev–Trinajstić information content (AvgIpc) is 0.942. The van der Waals surface area contributed by atoms with Crippen molar-refractivity contribution in [2.75, 3.05) is 0 Å². The molecule has 14 rings (SSSR count). The first kappa shape index (κ1) is 81.6. The molecular formula is C91H70O21. The Morgan fingerprint density at radius 2 is 0.152 bits per heavy atom. The molecule has 0 saturated heterocycles. The Kier molecular flexibility index (Phi) is 35.6. The van der Waals surface area contributed by atoms with Gasteiger partial charge in [0.05, 0.1) is 0 Å². The molecule has 560 valence electrons. The third kappa shape index (κ3) is 35.2. The van der Waals surface area contributed by atoms with E-state index in [0.29, 0.717) is 80.5 Å². The molecule has 21 heteroatoms. The molecule has 0 atom stereocenters. The summed E-state index contributed by atoms with van der Waals surface area (Å²) in [6.45, 7) is 0. The summed E-state index contributed by atoms with van der Waals surface area (Å²) in [6, 6.07) is 123. The number of ether oxygens (including phenoxy) is 14. The number of carbonyl (C=O) groups excluding carboxylic acids is 7. The molecule has 0 unspecified atom stereocenters. The van der Waals surface area contributed by atoms with Gasteiger partial charge in [-0.25, -0.2) is 33.6 Å². The van der Waals surface area contributed by atoms with Crippen molar-refractivity contribution in [2.24, 2.45) is 0 Å². The summed E-state index contributed by atoms with van der Waals surface area (Å²) in [7, 11) is 0. The Hall–Kier alpha value is -16.0. The molecule has 0 aromatic heterocycles. The molecule has 0 N–H and O–H groups in total. The lowest BCUT2D eigenvalue weighted by molar-refractivity contribution is 0.150. The zero-order valence-electron chi connectivity index (χ0n) is 59.5. The predicted octanol–water partition coefficient (Wildman–Crippen LogP) is 22.9. The molecule has 0 aliphatic carbocycles. The standard InChI is InChI=1S/7C13H10O3/c7*14-13(15-11-7-3-1-4-8-11)16-12-9-5-2-6-10-12/h7*1-10H. The van der Waals surface area contributed by atoms with Gasteiger partial charge in [0.25, 0.3) is 0 Å². The van der Waals surface area contributed by atoms with Crippen LogP contribution < -0.4 is 66.3 Å². The van der Waals surface area contributed by atoms with Crippen molar-refractivity contribution in [3.63, 3.8) is 0 Å². The van der Waals surface area contributed by atoms with Gasteiger partial charge >= 0.3 is 43.1 Å². The van der Waals surface area contributed by atoms with Gasteiger partial charge in [-0.3, -0.25) is 0 Å². The third-order valence-corrected chi connectivity index (χ3v) is 13.2. The quantitative estimate of drug-likeness (QED) is 0.0725. The topological polar surface area (TPSA) is 249 Å². The van der Waals surface area contributed by atoms with E-state index in [0.717, 1.165) is 0 Å². The highest BCUT2D eigenvalue weighted by Crippen LogP contribution is 2.21. The molecule has 14 aromatic rings. The Morgan fingerprint density at radius 1 is 0.0982 bits per heavy atom. The van der Waals surface area contributed by atoms with E-state index < -0.39 is 43.1 Å². The molecule has 112 heavy (non-hydrogen) atoms. The number of benzene rings is 14. The van der Waals surface area contributed by atoms with Crippen LogP contribution in [0, 0.1) is 0 Å². The van der Waals surface area contributed by atoms with Gasteiger partial charge in [-0.05, 0) is 170 Å². The lowest BCUT2D eigenvalue weighted by Crippen LogP contribution is -2.13. The minimum Gasteiger partial charge on any atom is -0.395 e. The van der Waals surface area contributed by atoms with Crippen LogP contribution in [0.2, 0.25) is 0 Å². The molecule has 0 fully saturated rings. The van der Waals surface area contributed by atoms with Crippen molar-refractivity contribution in [3.8, 4) is 80.5 Å². The minimum atomic E-state index is -0.739. The van der Waals surface area contributed by atoms with Gasteiger partial charge < -0.3 is 66.3 Å². The molecule has 0 spiro atoms. The Labute approximate surface area is 644 Å². The van der Waals surface area contributed by atoms with Gasteiger partial charge in [0.2, 0.25) is 0 Å².